The molecule has 1 aliphatic heterocycles. The standard InChI is InChI=1S/C19H22N4O4S/c20-19(25)22-15-8-6-7-14(13-15)21-18(24)17-11-4-5-12-23(17)28(26,27)16-9-2-1-3-10-16/h1-3,6-10,13,17H,4-5,11-12H2,(H,21,24)(H3,20,22,25). The number of piperidine rings is 1. The minimum Gasteiger partial charge on any atom is -0.351 e. The van der Waals surface area contributed by atoms with Crippen LogP contribution < -0.4 is 16.4 Å². The SMILES string of the molecule is NC(=O)Nc1cccc(NC(=O)C2CCCCN2S(=O)(=O)c2ccccc2)c1. The minimum atomic E-state index is -3.77. The van der Waals surface area contributed by atoms with E-state index in [1.807, 2.05) is 0 Å². The van der Waals surface area contributed by atoms with Gasteiger partial charge in [-0.2, -0.15) is 4.31 Å². The summed E-state index contributed by atoms with van der Waals surface area (Å²) in [5.41, 5.74) is 5.98. The predicted octanol–water partition coefficient (Wildman–Crippen LogP) is 2.36. The van der Waals surface area contributed by atoms with Crippen molar-refractivity contribution in [2.75, 3.05) is 17.2 Å². The molecule has 0 saturated carbocycles. The first-order valence-electron chi connectivity index (χ1n) is 8.92. The highest BCUT2D eigenvalue weighted by atomic mass is 32.2. The quantitative estimate of drug-likeness (QED) is 0.711. The lowest BCUT2D eigenvalue weighted by molar-refractivity contribution is -0.120. The third kappa shape index (κ3) is 4.49. The monoisotopic (exact) mass is 402 g/mol. The molecule has 0 radical (unpaired) electrons. The summed E-state index contributed by atoms with van der Waals surface area (Å²) in [7, 11) is -3.77. The average Bonchev–Trinajstić information content (AvgIpc) is 2.68. The molecule has 9 heteroatoms. The first-order valence-corrected chi connectivity index (χ1v) is 10.4. The van der Waals surface area contributed by atoms with Gasteiger partial charge in [0, 0.05) is 17.9 Å². The van der Waals surface area contributed by atoms with Crippen LogP contribution in [0, 0.1) is 0 Å². The largest absolute Gasteiger partial charge is 0.351 e. The highest BCUT2D eigenvalue weighted by Gasteiger charge is 2.37. The maximum absolute atomic E-state index is 13.0. The first kappa shape index (κ1) is 19.8. The fourth-order valence-electron chi connectivity index (χ4n) is 3.23. The van der Waals surface area contributed by atoms with Gasteiger partial charge >= 0.3 is 6.03 Å². The van der Waals surface area contributed by atoms with Gasteiger partial charge in [0.15, 0.2) is 0 Å². The van der Waals surface area contributed by atoms with Crippen molar-refractivity contribution in [3.8, 4) is 0 Å². The molecule has 8 nitrogen and oxygen atoms in total. The Morgan fingerprint density at radius 1 is 0.964 bits per heavy atom. The van der Waals surface area contributed by atoms with Gasteiger partial charge in [-0.1, -0.05) is 30.7 Å². The molecule has 148 valence electrons. The number of benzene rings is 2. The van der Waals surface area contributed by atoms with E-state index in [-0.39, 0.29) is 4.90 Å². The number of anilines is 2. The van der Waals surface area contributed by atoms with Gasteiger partial charge in [0.25, 0.3) is 0 Å². The zero-order chi connectivity index (χ0) is 20.1. The van der Waals surface area contributed by atoms with E-state index >= 15 is 0 Å². The summed E-state index contributed by atoms with van der Waals surface area (Å²) in [6.45, 7) is 0.290. The molecule has 0 spiro atoms. The molecule has 1 saturated heterocycles. The molecule has 1 unspecified atom stereocenters. The number of nitrogens with zero attached hydrogens (tertiary/aromatic N) is 1. The number of nitrogens with one attached hydrogen (secondary N) is 2. The summed E-state index contributed by atoms with van der Waals surface area (Å²) < 4.78 is 27.3. The fourth-order valence-corrected chi connectivity index (χ4v) is 4.90. The van der Waals surface area contributed by atoms with Crippen molar-refractivity contribution in [1.82, 2.24) is 4.31 Å². The van der Waals surface area contributed by atoms with E-state index in [4.69, 9.17) is 5.73 Å². The molecule has 2 aromatic carbocycles. The van der Waals surface area contributed by atoms with Crippen molar-refractivity contribution in [1.29, 1.82) is 0 Å². The molecular formula is C19H22N4O4S. The van der Waals surface area contributed by atoms with Gasteiger partial charge in [-0.15, -0.1) is 0 Å². The van der Waals surface area contributed by atoms with Crippen LogP contribution in [0.15, 0.2) is 59.5 Å². The number of amides is 3. The van der Waals surface area contributed by atoms with Crippen molar-refractivity contribution in [2.24, 2.45) is 5.73 Å². The molecule has 0 bridgehead atoms. The predicted molar refractivity (Wildman–Crippen MR) is 106 cm³/mol. The van der Waals surface area contributed by atoms with Gasteiger partial charge in [0.05, 0.1) is 4.90 Å². The average molecular weight is 402 g/mol. The molecule has 3 amide bonds. The molecule has 0 aliphatic carbocycles. The van der Waals surface area contributed by atoms with E-state index in [1.54, 1.807) is 42.5 Å². The summed E-state index contributed by atoms with van der Waals surface area (Å²) in [5.74, 6) is -0.407. The van der Waals surface area contributed by atoms with Gasteiger partial charge in [0.2, 0.25) is 15.9 Å². The molecule has 1 fully saturated rings. The van der Waals surface area contributed by atoms with Crippen LogP contribution in [0.5, 0.6) is 0 Å². The second-order valence-corrected chi connectivity index (χ2v) is 8.39. The smallest absolute Gasteiger partial charge is 0.316 e. The highest BCUT2D eigenvalue weighted by molar-refractivity contribution is 7.89. The molecule has 1 atom stereocenters. The second kappa shape index (κ2) is 8.41. The Balaban J connectivity index is 1.80. The zero-order valence-corrected chi connectivity index (χ0v) is 16.0. The number of carbonyl (C=O) groups is 2. The van der Waals surface area contributed by atoms with Crippen molar-refractivity contribution < 1.29 is 18.0 Å². The van der Waals surface area contributed by atoms with Gasteiger partial charge < -0.3 is 16.4 Å². The zero-order valence-electron chi connectivity index (χ0n) is 15.2. The lowest BCUT2D eigenvalue weighted by Crippen LogP contribution is -2.49. The molecule has 28 heavy (non-hydrogen) atoms. The van der Waals surface area contributed by atoms with Crippen LogP contribution >= 0.6 is 0 Å². The number of primary amides is 1. The van der Waals surface area contributed by atoms with E-state index < -0.39 is 28.0 Å². The highest BCUT2D eigenvalue weighted by Crippen LogP contribution is 2.26. The summed E-state index contributed by atoms with van der Waals surface area (Å²) in [6, 6.07) is 13.1. The third-order valence-corrected chi connectivity index (χ3v) is 6.43. The summed E-state index contributed by atoms with van der Waals surface area (Å²) in [4.78, 5) is 24.0. The third-order valence-electron chi connectivity index (χ3n) is 4.50. The molecule has 1 heterocycles. The topological polar surface area (TPSA) is 122 Å². The Kier molecular flexibility index (Phi) is 5.96. The van der Waals surface area contributed by atoms with Crippen molar-refractivity contribution in [3.05, 3.63) is 54.6 Å². The van der Waals surface area contributed by atoms with Crippen LogP contribution in [-0.4, -0.2) is 37.2 Å². The summed E-state index contributed by atoms with van der Waals surface area (Å²) in [6.07, 6.45) is 1.91. The first-order chi connectivity index (χ1) is 13.4. The van der Waals surface area contributed by atoms with E-state index in [1.165, 1.54) is 16.4 Å². The lowest BCUT2D eigenvalue weighted by Gasteiger charge is -2.33. The van der Waals surface area contributed by atoms with Crippen LogP contribution in [0.4, 0.5) is 16.2 Å². The van der Waals surface area contributed by atoms with Gasteiger partial charge in [-0.3, -0.25) is 4.79 Å². The number of sulfonamides is 1. The number of hydrogen-bond acceptors (Lipinski definition) is 4. The van der Waals surface area contributed by atoms with Crippen LogP contribution in [0.25, 0.3) is 0 Å². The molecule has 3 rings (SSSR count). The van der Waals surface area contributed by atoms with Crippen LogP contribution in [0.1, 0.15) is 19.3 Å². The van der Waals surface area contributed by atoms with E-state index in [2.05, 4.69) is 10.6 Å². The van der Waals surface area contributed by atoms with E-state index in [0.29, 0.717) is 30.8 Å². The number of carbonyl (C=O) groups excluding carboxylic acids is 2. The van der Waals surface area contributed by atoms with Crippen molar-refractivity contribution in [2.45, 2.75) is 30.2 Å². The Morgan fingerprint density at radius 2 is 1.64 bits per heavy atom. The second-order valence-electron chi connectivity index (χ2n) is 6.50. The van der Waals surface area contributed by atoms with Gasteiger partial charge in [-0.05, 0) is 43.2 Å². The maximum Gasteiger partial charge on any atom is 0.316 e. The number of nitrogens with two attached hydrogens (primary N) is 1. The van der Waals surface area contributed by atoms with Crippen LogP contribution in [0.2, 0.25) is 0 Å². The lowest BCUT2D eigenvalue weighted by atomic mass is 10.0. The number of hydrogen-bond donors (Lipinski definition) is 3. The molecule has 4 N–H and O–H groups in total. The molecule has 2 aromatic rings. The molecule has 0 aromatic heterocycles. The Labute approximate surface area is 163 Å². The normalized spacial score (nSPS) is 17.6. The maximum atomic E-state index is 13.0. The van der Waals surface area contributed by atoms with Crippen LogP contribution in [0.3, 0.4) is 0 Å². The Hall–Kier alpha value is -2.91. The van der Waals surface area contributed by atoms with Crippen molar-refractivity contribution in [3.63, 3.8) is 0 Å². The van der Waals surface area contributed by atoms with E-state index in [0.717, 1.165) is 6.42 Å². The van der Waals surface area contributed by atoms with Gasteiger partial charge in [0.1, 0.15) is 6.04 Å². The number of rotatable bonds is 5. The van der Waals surface area contributed by atoms with E-state index in [9.17, 15) is 18.0 Å². The van der Waals surface area contributed by atoms with Crippen molar-refractivity contribution >= 4 is 33.3 Å². The minimum absolute atomic E-state index is 0.169. The Bertz CT molecular complexity index is 963. The Morgan fingerprint density at radius 3 is 2.32 bits per heavy atom. The summed E-state index contributed by atoms with van der Waals surface area (Å²) >= 11 is 0. The summed E-state index contributed by atoms with van der Waals surface area (Å²) in [5, 5.41) is 5.18. The van der Waals surface area contributed by atoms with Gasteiger partial charge in [-0.25, -0.2) is 13.2 Å². The fraction of sp³-hybridized carbons (Fsp3) is 0.263. The van der Waals surface area contributed by atoms with Crippen LogP contribution in [-0.2, 0) is 14.8 Å². The molecule has 1 aliphatic rings. The number of urea groups is 1. The molecular weight excluding hydrogens is 380 g/mol.